The second kappa shape index (κ2) is 7.80. The first kappa shape index (κ1) is 15.5. The molecule has 1 aromatic carbocycles. The Kier molecular flexibility index (Phi) is 6.06. The lowest BCUT2D eigenvalue weighted by Crippen LogP contribution is -2.41. The predicted octanol–water partition coefficient (Wildman–Crippen LogP) is 3.66. The first-order valence-electron chi connectivity index (χ1n) is 8.18. The van der Waals surface area contributed by atoms with Gasteiger partial charge < -0.3 is 5.73 Å². The van der Waals surface area contributed by atoms with Gasteiger partial charge in [0, 0.05) is 25.7 Å². The Hall–Kier alpha value is -0.860. The predicted molar refractivity (Wildman–Crippen MR) is 86.5 cm³/mol. The normalized spacial score (nSPS) is 23.4. The Bertz CT molecular complexity index is 366. The van der Waals surface area contributed by atoms with Crippen molar-refractivity contribution in [1.82, 2.24) is 4.90 Å². The number of hydrogen-bond acceptors (Lipinski definition) is 2. The summed E-state index contributed by atoms with van der Waals surface area (Å²) in [6.45, 7) is 7.57. The van der Waals surface area contributed by atoms with E-state index in [-0.39, 0.29) is 0 Å². The highest BCUT2D eigenvalue weighted by atomic mass is 15.2. The Labute approximate surface area is 124 Å². The van der Waals surface area contributed by atoms with E-state index >= 15 is 0 Å². The van der Waals surface area contributed by atoms with Gasteiger partial charge in [-0.1, -0.05) is 44.2 Å². The van der Waals surface area contributed by atoms with Crippen LogP contribution in [-0.4, -0.2) is 24.0 Å². The van der Waals surface area contributed by atoms with Gasteiger partial charge in [-0.05, 0) is 43.1 Å². The highest BCUT2D eigenvalue weighted by molar-refractivity contribution is 5.14. The smallest absolute Gasteiger partial charge is 0.0237 e. The average molecular weight is 274 g/mol. The fourth-order valence-corrected chi connectivity index (χ4v) is 3.51. The number of rotatable bonds is 6. The Balaban J connectivity index is 1.92. The van der Waals surface area contributed by atoms with E-state index in [2.05, 4.69) is 49.1 Å². The van der Waals surface area contributed by atoms with Crippen molar-refractivity contribution < 1.29 is 0 Å². The molecule has 1 aliphatic rings. The van der Waals surface area contributed by atoms with Crippen molar-refractivity contribution in [3.05, 3.63) is 35.9 Å². The molecule has 0 amide bonds. The van der Waals surface area contributed by atoms with Crippen LogP contribution in [0.1, 0.15) is 45.1 Å². The van der Waals surface area contributed by atoms with Crippen LogP contribution in [-0.2, 0) is 6.54 Å². The minimum absolute atomic E-state index is 0.730. The van der Waals surface area contributed by atoms with E-state index < -0.39 is 0 Å². The highest BCUT2D eigenvalue weighted by Gasteiger charge is 2.26. The fraction of sp³-hybridized carbons (Fsp3) is 0.667. The Morgan fingerprint density at radius 2 is 1.75 bits per heavy atom. The summed E-state index contributed by atoms with van der Waals surface area (Å²) in [6, 6.07) is 11.5. The van der Waals surface area contributed by atoms with Crippen LogP contribution < -0.4 is 5.73 Å². The monoisotopic (exact) mass is 274 g/mol. The molecule has 1 aliphatic carbocycles. The van der Waals surface area contributed by atoms with E-state index in [9.17, 15) is 0 Å². The van der Waals surface area contributed by atoms with Gasteiger partial charge >= 0.3 is 0 Å². The third-order valence-corrected chi connectivity index (χ3v) is 4.85. The Morgan fingerprint density at radius 3 is 2.30 bits per heavy atom. The minimum Gasteiger partial charge on any atom is -0.329 e. The summed E-state index contributed by atoms with van der Waals surface area (Å²) < 4.78 is 0. The van der Waals surface area contributed by atoms with Gasteiger partial charge in [-0.25, -0.2) is 0 Å². The molecular weight excluding hydrogens is 244 g/mol. The van der Waals surface area contributed by atoms with Crippen molar-refractivity contribution in [2.24, 2.45) is 17.6 Å². The molecule has 1 fully saturated rings. The molecule has 0 spiro atoms. The largest absolute Gasteiger partial charge is 0.329 e. The molecule has 0 saturated heterocycles. The quantitative estimate of drug-likeness (QED) is 0.857. The molecular formula is C18H30N2. The molecule has 1 aromatic rings. The van der Waals surface area contributed by atoms with Gasteiger partial charge in [-0.2, -0.15) is 0 Å². The first-order valence-corrected chi connectivity index (χ1v) is 8.18. The van der Waals surface area contributed by atoms with Crippen molar-refractivity contribution in [2.75, 3.05) is 13.1 Å². The van der Waals surface area contributed by atoms with Gasteiger partial charge in [0.1, 0.15) is 0 Å². The van der Waals surface area contributed by atoms with Crippen molar-refractivity contribution in [2.45, 2.75) is 52.1 Å². The molecule has 1 saturated carbocycles. The van der Waals surface area contributed by atoms with E-state index in [0.717, 1.165) is 37.5 Å². The zero-order valence-electron chi connectivity index (χ0n) is 13.1. The summed E-state index contributed by atoms with van der Waals surface area (Å²) in [5.41, 5.74) is 7.23. The molecule has 0 atom stereocenters. The van der Waals surface area contributed by atoms with Crippen LogP contribution in [0.5, 0.6) is 0 Å². The summed E-state index contributed by atoms with van der Waals surface area (Å²) in [4.78, 5) is 2.60. The van der Waals surface area contributed by atoms with Crippen molar-refractivity contribution >= 4 is 0 Å². The van der Waals surface area contributed by atoms with E-state index in [4.69, 9.17) is 5.73 Å². The third-order valence-electron chi connectivity index (χ3n) is 4.85. The maximum absolute atomic E-state index is 5.82. The molecule has 2 rings (SSSR count). The zero-order valence-corrected chi connectivity index (χ0v) is 13.1. The van der Waals surface area contributed by atoms with Crippen molar-refractivity contribution in [3.8, 4) is 0 Å². The lowest BCUT2D eigenvalue weighted by molar-refractivity contribution is 0.119. The van der Waals surface area contributed by atoms with Crippen LogP contribution in [0.2, 0.25) is 0 Å². The molecule has 20 heavy (non-hydrogen) atoms. The van der Waals surface area contributed by atoms with Crippen LogP contribution in [0.25, 0.3) is 0 Å². The highest BCUT2D eigenvalue weighted by Crippen LogP contribution is 2.32. The van der Waals surface area contributed by atoms with Crippen LogP contribution in [0.15, 0.2) is 30.3 Å². The van der Waals surface area contributed by atoms with Crippen molar-refractivity contribution in [3.63, 3.8) is 0 Å². The summed E-state index contributed by atoms with van der Waals surface area (Å²) in [7, 11) is 0. The van der Waals surface area contributed by atoms with Gasteiger partial charge in [0.25, 0.3) is 0 Å². The topological polar surface area (TPSA) is 29.3 Å². The van der Waals surface area contributed by atoms with Gasteiger partial charge in [-0.3, -0.25) is 4.90 Å². The molecule has 2 heteroatoms. The van der Waals surface area contributed by atoms with Crippen LogP contribution in [0, 0.1) is 11.8 Å². The van der Waals surface area contributed by atoms with Crippen LogP contribution in [0.4, 0.5) is 0 Å². The molecule has 0 bridgehead atoms. The lowest BCUT2D eigenvalue weighted by atomic mass is 9.79. The average Bonchev–Trinajstić information content (AvgIpc) is 2.48. The van der Waals surface area contributed by atoms with Crippen LogP contribution in [0.3, 0.4) is 0 Å². The van der Waals surface area contributed by atoms with Gasteiger partial charge in [0.15, 0.2) is 0 Å². The Morgan fingerprint density at radius 1 is 1.10 bits per heavy atom. The molecule has 0 aromatic heterocycles. The second-order valence-electron chi connectivity index (χ2n) is 6.56. The van der Waals surface area contributed by atoms with Gasteiger partial charge in [0.05, 0.1) is 0 Å². The van der Waals surface area contributed by atoms with E-state index in [1.165, 1.54) is 31.2 Å². The number of benzene rings is 1. The molecule has 0 heterocycles. The molecule has 2 nitrogen and oxygen atoms in total. The number of nitrogens with two attached hydrogens (primary N) is 1. The SMILES string of the molecule is CC(C)C1CCC(N(CCN)Cc2ccccc2)CC1. The molecule has 112 valence electrons. The maximum Gasteiger partial charge on any atom is 0.0237 e. The summed E-state index contributed by atoms with van der Waals surface area (Å²) in [5, 5.41) is 0. The molecule has 0 radical (unpaired) electrons. The minimum atomic E-state index is 0.730. The van der Waals surface area contributed by atoms with E-state index in [1.54, 1.807) is 0 Å². The summed E-state index contributed by atoms with van der Waals surface area (Å²) in [6.07, 6.45) is 5.46. The second-order valence-corrected chi connectivity index (χ2v) is 6.56. The zero-order chi connectivity index (χ0) is 14.4. The summed E-state index contributed by atoms with van der Waals surface area (Å²) >= 11 is 0. The fourth-order valence-electron chi connectivity index (χ4n) is 3.51. The molecule has 0 unspecified atom stereocenters. The maximum atomic E-state index is 5.82. The number of hydrogen-bond donors (Lipinski definition) is 1. The van der Waals surface area contributed by atoms with E-state index in [0.29, 0.717) is 0 Å². The van der Waals surface area contributed by atoms with Gasteiger partial charge in [-0.15, -0.1) is 0 Å². The van der Waals surface area contributed by atoms with Crippen LogP contribution >= 0.6 is 0 Å². The van der Waals surface area contributed by atoms with Crippen molar-refractivity contribution in [1.29, 1.82) is 0 Å². The first-order chi connectivity index (χ1) is 9.70. The summed E-state index contributed by atoms with van der Waals surface area (Å²) in [5.74, 6) is 1.77. The lowest BCUT2D eigenvalue weighted by Gasteiger charge is -2.38. The molecule has 0 aliphatic heterocycles. The number of nitrogens with zero attached hydrogens (tertiary/aromatic N) is 1. The molecule has 2 N–H and O–H groups in total. The standard InChI is InChI=1S/C18H30N2/c1-15(2)17-8-10-18(11-9-17)20(13-12-19)14-16-6-4-3-5-7-16/h3-7,15,17-18H,8-14,19H2,1-2H3. The van der Waals surface area contributed by atoms with E-state index in [1.807, 2.05) is 0 Å². The van der Waals surface area contributed by atoms with Gasteiger partial charge in [0.2, 0.25) is 0 Å². The third kappa shape index (κ3) is 4.32.